The van der Waals surface area contributed by atoms with Gasteiger partial charge in [0, 0.05) is 13.1 Å². The van der Waals surface area contributed by atoms with Gasteiger partial charge in [-0.1, -0.05) is 13.8 Å². The van der Waals surface area contributed by atoms with Crippen LogP contribution in [0.4, 0.5) is 5.82 Å². The number of carbonyl (C=O) groups excluding carboxylic acids is 1. The number of carbonyl (C=O) groups is 1. The second-order valence-electron chi connectivity index (χ2n) is 4.05. The smallest absolute Gasteiger partial charge is 0.280 e. The second kappa shape index (κ2) is 5.84. The molecule has 0 fully saturated rings. The van der Waals surface area contributed by atoms with E-state index in [2.05, 4.69) is 14.9 Å². The molecule has 0 radical (unpaired) electrons. The van der Waals surface area contributed by atoms with Crippen LogP contribution in [0.25, 0.3) is 0 Å². The Balaban J connectivity index is 2.79. The van der Waals surface area contributed by atoms with Crippen LogP contribution in [-0.4, -0.2) is 34.2 Å². The molecule has 1 aromatic heterocycles. The van der Waals surface area contributed by atoms with E-state index in [9.17, 15) is 4.79 Å². The van der Waals surface area contributed by atoms with E-state index in [4.69, 9.17) is 11.0 Å². The van der Waals surface area contributed by atoms with Crippen molar-refractivity contribution < 1.29 is 9.42 Å². The van der Waals surface area contributed by atoms with Crippen molar-refractivity contribution in [1.29, 1.82) is 5.26 Å². The number of nitrogen functional groups attached to an aromatic ring is 1. The number of anilines is 1. The van der Waals surface area contributed by atoms with Crippen molar-refractivity contribution in [3.63, 3.8) is 0 Å². The number of nitriles is 1. The molecule has 1 aromatic rings. The van der Waals surface area contributed by atoms with Gasteiger partial charge in [-0.25, -0.2) is 4.63 Å². The van der Waals surface area contributed by atoms with Crippen molar-refractivity contribution in [3.05, 3.63) is 5.69 Å². The van der Waals surface area contributed by atoms with Gasteiger partial charge < -0.3 is 10.6 Å². The first kappa shape index (κ1) is 13.0. The first-order valence-electron chi connectivity index (χ1n) is 5.30. The third kappa shape index (κ3) is 3.45. The Labute approximate surface area is 99.1 Å². The molecule has 92 valence electrons. The minimum Gasteiger partial charge on any atom is -0.379 e. The van der Waals surface area contributed by atoms with Crippen LogP contribution in [0.1, 0.15) is 30.8 Å². The lowest BCUT2D eigenvalue weighted by atomic mass is 10.2. The number of rotatable bonds is 5. The van der Waals surface area contributed by atoms with E-state index in [0.29, 0.717) is 19.0 Å². The minimum atomic E-state index is -0.354. The standard InChI is InChI=1S/C10H15N5O2/c1-7(2)6-15(5-3-4-11)10(16)8-9(12)14-17-13-8/h7H,3,5-6H2,1-2H3,(H2,12,14). The fourth-order valence-corrected chi connectivity index (χ4v) is 1.40. The van der Waals surface area contributed by atoms with Crippen LogP contribution in [0.15, 0.2) is 4.63 Å². The zero-order valence-electron chi connectivity index (χ0n) is 9.88. The molecule has 0 unspecified atom stereocenters. The largest absolute Gasteiger partial charge is 0.379 e. The molecule has 7 nitrogen and oxygen atoms in total. The number of aromatic nitrogens is 2. The molecule has 0 saturated heterocycles. The average Bonchev–Trinajstić information content (AvgIpc) is 2.69. The summed E-state index contributed by atoms with van der Waals surface area (Å²) in [6, 6.07) is 2.00. The van der Waals surface area contributed by atoms with Crippen LogP contribution >= 0.6 is 0 Å². The van der Waals surface area contributed by atoms with Crippen molar-refractivity contribution in [2.24, 2.45) is 5.92 Å². The summed E-state index contributed by atoms with van der Waals surface area (Å²) in [5.41, 5.74) is 5.46. The predicted octanol–water partition coefficient (Wildman–Crippen LogP) is 0.664. The van der Waals surface area contributed by atoms with Crippen molar-refractivity contribution in [1.82, 2.24) is 15.2 Å². The average molecular weight is 237 g/mol. The molecular formula is C10H15N5O2. The van der Waals surface area contributed by atoms with Crippen LogP contribution in [-0.2, 0) is 0 Å². The number of hydrogen-bond acceptors (Lipinski definition) is 6. The molecule has 7 heteroatoms. The first-order valence-corrected chi connectivity index (χ1v) is 5.30. The van der Waals surface area contributed by atoms with E-state index in [1.165, 1.54) is 4.90 Å². The summed E-state index contributed by atoms with van der Waals surface area (Å²) < 4.78 is 4.39. The lowest BCUT2D eigenvalue weighted by molar-refractivity contribution is 0.0729. The zero-order valence-corrected chi connectivity index (χ0v) is 9.88. The van der Waals surface area contributed by atoms with Gasteiger partial charge in [0.15, 0.2) is 0 Å². The van der Waals surface area contributed by atoms with Gasteiger partial charge in [-0.05, 0) is 16.2 Å². The molecule has 1 heterocycles. The van der Waals surface area contributed by atoms with Crippen molar-refractivity contribution in [3.8, 4) is 6.07 Å². The van der Waals surface area contributed by atoms with Crippen LogP contribution < -0.4 is 5.73 Å². The van der Waals surface area contributed by atoms with Gasteiger partial charge in [0.2, 0.25) is 11.5 Å². The highest BCUT2D eigenvalue weighted by Gasteiger charge is 2.23. The summed E-state index contributed by atoms with van der Waals surface area (Å²) in [6.45, 7) is 4.85. The Kier molecular flexibility index (Phi) is 4.46. The van der Waals surface area contributed by atoms with Gasteiger partial charge in [-0.2, -0.15) is 5.26 Å². The lowest BCUT2D eigenvalue weighted by Gasteiger charge is -2.22. The summed E-state index contributed by atoms with van der Waals surface area (Å²) in [5.74, 6) is -0.0906. The Morgan fingerprint density at radius 2 is 2.29 bits per heavy atom. The Morgan fingerprint density at radius 1 is 1.59 bits per heavy atom. The van der Waals surface area contributed by atoms with Gasteiger partial charge in [0.1, 0.15) is 0 Å². The highest BCUT2D eigenvalue weighted by molar-refractivity contribution is 5.96. The zero-order chi connectivity index (χ0) is 12.8. The van der Waals surface area contributed by atoms with E-state index in [1.54, 1.807) is 0 Å². The van der Waals surface area contributed by atoms with E-state index in [1.807, 2.05) is 19.9 Å². The molecule has 17 heavy (non-hydrogen) atoms. The van der Waals surface area contributed by atoms with Gasteiger partial charge in [-0.15, -0.1) is 0 Å². The molecule has 2 N–H and O–H groups in total. The molecule has 0 aromatic carbocycles. The Hall–Kier alpha value is -2.10. The second-order valence-corrected chi connectivity index (χ2v) is 4.05. The quantitative estimate of drug-likeness (QED) is 0.805. The summed E-state index contributed by atoms with van der Waals surface area (Å²) in [6.07, 6.45) is 0.268. The molecule has 0 atom stereocenters. The summed E-state index contributed by atoms with van der Waals surface area (Å²) in [4.78, 5) is 13.6. The predicted molar refractivity (Wildman–Crippen MR) is 59.7 cm³/mol. The first-order chi connectivity index (χ1) is 8.06. The lowest BCUT2D eigenvalue weighted by Crippen LogP contribution is -2.35. The van der Waals surface area contributed by atoms with E-state index >= 15 is 0 Å². The number of hydrogen-bond donors (Lipinski definition) is 1. The number of nitrogens with zero attached hydrogens (tertiary/aromatic N) is 4. The third-order valence-corrected chi connectivity index (χ3v) is 2.08. The topological polar surface area (TPSA) is 109 Å². The van der Waals surface area contributed by atoms with Crippen molar-refractivity contribution in [2.75, 3.05) is 18.8 Å². The molecule has 1 amide bonds. The van der Waals surface area contributed by atoms with E-state index < -0.39 is 0 Å². The van der Waals surface area contributed by atoms with Crippen molar-refractivity contribution >= 4 is 11.7 Å². The SMILES string of the molecule is CC(C)CN(CCC#N)C(=O)c1nonc1N. The summed E-state index contributed by atoms with van der Waals surface area (Å²) in [7, 11) is 0. The number of amides is 1. The molecular weight excluding hydrogens is 222 g/mol. The van der Waals surface area contributed by atoms with Gasteiger partial charge in [0.25, 0.3) is 5.91 Å². The van der Waals surface area contributed by atoms with Crippen LogP contribution in [0, 0.1) is 17.2 Å². The highest BCUT2D eigenvalue weighted by atomic mass is 16.6. The minimum absolute atomic E-state index is 0.00332. The molecule has 0 saturated carbocycles. The normalized spacial score (nSPS) is 10.2. The maximum atomic E-state index is 12.0. The maximum absolute atomic E-state index is 12.0. The molecule has 0 aliphatic carbocycles. The van der Waals surface area contributed by atoms with Crippen LogP contribution in [0.5, 0.6) is 0 Å². The number of nitrogens with two attached hydrogens (primary N) is 1. The molecule has 1 rings (SSSR count). The molecule has 0 spiro atoms. The van der Waals surface area contributed by atoms with Gasteiger partial charge in [0.05, 0.1) is 12.5 Å². The summed E-state index contributed by atoms with van der Waals surface area (Å²) >= 11 is 0. The fourth-order valence-electron chi connectivity index (χ4n) is 1.40. The van der Waals surface area contributed by atoms with Crippen LogP contribution in [0.3, 0.4) is 0 Å². The van der Waals surface area contributed by atoms with Gasteiger partial charge in [-0.3, -0.25) is 4.79 Å². The Bertz CT molecular complexity index is 421. The molecule has 0 aliphatic heterocycles. The third-order valence-electron chi connectivity index (χ3n) is 2.08. The molecule has 0 bridgehead atoms. The van der Waals surface area contributed by atoms with Gasteiger partial charge >= 0.3 is 0 Å². The van der Waals surface area contributed by atoms with E-state index in [-0.39, 0.29) is 23.8 Å². The van der Waals surface area contributed by atoms with E-state index in [0.717, 1.165) is 0 Å². The maximum Gasteiger partial charge on any atom is 0.280 e. The van der Waals surface area contributed by atoms with Crippen molar-refractivity contribution in [2.45, 2.75) is 20.3 Å². The summed E-state index contributed by atoms with van der Waals surface area (Å²) in [5, 5.41) is 15.4. The highest BCUT2D eigenvalue weighted by Crippen LogP contribution is 2.10. The van der Waals surface area contributed by atoms with Crippen LogP contribution in [0.2, 0.25) is 0 Å². The Morgan fingerprint density at radius 3 is 2.76 bits per heavy atom. The molecule has 0 aliphatic rings. The fraction of sp³-hybridized carbons (Fsp3) is 0.600. The monoisotopic (exact) mass is 237 g/mol.